The molecule has 0 bridgehead atoms. The van der Waals surface area contributed by atoms with Gasteiger partial charge in [0.25, 0.3) is 0 Å². The van der Waals surface area contributed by atoms with Gasteiger partial charge in [0.2, 0.25) is 5.91 Å². The molecule has 1 aliphatic heterocycles. The number of halogens is 1. The summed E-state index contributed by atoms with van der Waals surface area (Å²) in [6.07, 6.45) is 3.67. The predicted octanol–water partition coefficient (Wildman–Crippen LogP) is 2.37. The van der Waals surface area contributed by atoms with Crippen LogP contribution in [0.15, 0.2) is 30.3 Å². The number of carbonyl (C=O) groups is 1. The molecule has 1 aliphatic rings. The summed E-state index contributed by atoms with van der Waals surface area (Å²) in [6.45, 7) is 3.68. The lowest BCUT2D eigenvalue weighted by atomic mass is 9.93. The summed E-state index contributed by atoms with van der Waals surface area (Å²) in [6, 6.07) is 9.65. The van der Waals surface area contributed by atoms with Crippen molar-refractivity contribution >= 4 is 24.0 Å². The third-order valence-corrected chi connectivity index (χ3v) is 3.93. The number of carbonyl (C=O) groups excluding carboxylic acids is 1. The number of anilines is 1. The normalized spacial score (nSPS) is 16.2. The highest BCUT2D eigenvalue weighted by atomic mass is 35.5. The minimum Gasteiger partial charge on any atom is -0.325 e. The summed E-state index contributed by atoms with van der Waals surface area (Å²) >= 11 is 0. The molecule has 21 heavy (non-hydrogen) atoms. The average Bonchev–Trinajstić information content (AvgIpc) is 2.47. The van der Waals surface area contributed by atoms with E-state index in [-0.39, 0.29) is 18.3 Å². The number of hydrogen-bond acceptors (Lipinski definition) is 3. The van der Waals surface area contributed by atoms with Crippen LogP contribution in [0.25, 0.3) is 0 Å². The maximum Gasteiger partial charge on any atom is 0.238 e. The number of rotatable bonds is 6. The molecule has 4 nitrogen and oxygen atoms in total. The Morgan fingerprint density at radius 3 is 2.52 bits per heavy atom. The number of likely N-dealkylation sites (tertiary alicyclic amines) is 1. The first kappa shape index (κ1) is 18.0. The first-order valence-corrected chi connectivity index (χ1v) is 7.50. The van der Waals surface area contributed by atoms with E-state index in [0.29, 0.717) is 6.54 Å². The minimum absolute atomic E-state index is 0. The number of amides is 1. The third-order valence-electron chi connectivity index (χ3n) is 3.93. The van der Waals surface area contributed by atoms with E-state index in [1.165, 1.54) is 19.3 Å². The summed E-state index contributed by atoms with van der Waals surface area (Å²) in [5.41, 5.74) is 0.876. The molecule has 0 aromatic heterocycles. The van der Waals surface area contributed by atoms with E-state index in [1.807, 2.05) is 37.4 Å². The molecule has 0 aliphatic carbocycles. The van der Waals surface area contributed by atoms with Crippen LogP contribution < -0.4 is 10.6 Å². The van der Waals surface area contributed by atoms with Gasteiger partial charge < -0.3 is 10.6 Å². The Kier molecular flexibility index (Phi) is 8.35. The summed E-state index contributed by atoms with van der Waals surface area (Å²) in [5.74, 6) is 0.903. The number of piperidine rings is 1. The van der Waals surface area contributed by atoms with Crippen LogP contribution in [0.4, 0.5) is 5.69 Å². The van der Waals surface area contributed by atoms with Gasteiger partial charge in [0.1, 0.15) is 0 Å². The molecule has 0 unspecified atom stereocenters. The molecule has 1 aromatic carbocycles. The van der Waals surface area contributed by atoms with Crippen LogP contribution in [-0.4, -0.2) is 44.0 Å². The molecule has 1 fully saturated rings. The zero-order chi connectivity index (χ0) is 14.2. The monoisotopic (exact) mass is 311 g/mol. The van der Waals surface area contributed by atoms with Gasteiger partial charge >= 0.3 is 0 Å². The molecule has 2 N–H and O–H groups in total. The molecule has 5 heteroatoms. The Morgan fingerprint density at radius 1 is 1.24 bits per heavy atom. The van der Waals surface area contributed by atoms with Gasteiger partial charge in [-0.15, -0.1) is 12.4 Å². The quantitative estimate of drug-likeness (QED) is 0.848. The van der Waals surface area contributed by atoms with Crippen LogP contribution in [0.1, 0.15) is 19.3 Å². The molecular formula is C16H26ClN3O. The molecule has 0 spiro atoms. The maximum atomic E-state index is 12.0. The Bertz CT molecular complexity index is 405. The molecule has 2 rings (SSSR count). The van der Waals surface area contributed by atoms with E-state index >= 15 is 0 Å². The van der Waals surface area contributed by atoms with Gasteiger partial charge in [0.05, 0.1) is 6.54 Å². The number of nitrogens with one attached hydrogen (secondary N) is 2. The lowest BCUT2D eigenvalue weighted by Gasteiger charge is -2.31. The van der Waals surface area contributed by atoms with Crippen molar-refractivity contribution in [1.82, 2.24) is 10.2 Å². The predicted molar refractivity (Wildman–Crippen MR) is 90.0 cm³/mol. The van der Waals surface area contributed by atoms with Crippen LogP contribution >= 0.6 is 12.4 Å². The van der Waals surface area contributed by atoms with Crippen molar-refractivity contribution in [2.45, 2.75) is 19.3 Å². The standard InChI is InChI=1S/C16H25N3O.ClH/c1-17-10-7-14-8-11-19(12-9-14)13-16(20)18-15-5-3-2-4-6-15;/h2-6,14,17H,7-13H2,1H3,(H,18,20);1H. The highest BCUT2D eigenvalue weighted by molar-refractivity contribution is 5.92. The van der Waals surface area contributed by atoms with E-state index in [1.54, 1.807) is 0 Å². The van der Waals surface area contributed by atoms with Gasteiger partial charge in [0.15, 0.2) is 0 Å². The summed E-state index contributed by atoms with van der Waals surface area (Å²) in [5, 5.41) is 6.15. The highest BCUT2D eigenvalue weighted by Gasteiger charge is 2.20. The Hall–Kier alpha value is -1.10. The van der Waals surface area contributed by atoms with Crippen molar-refractivity contribution in [1.29, 1.82) is 0 Å². The second-order valence-corrected chi connectivity index (χ2v) is 5.53. The van der Waals surface area contributed by atoms with Crippen molar-refractivity contribution in [3.05, 3.63) is 30.3 Å². The topological polar surface area (TPSA) is 44.4 Å². The minimum atomic E-state index is 0. The lowest BCUT2D eigenvalue weighted by molar-refractivity contribution is -0.117. The summed E-state index contributed by atoms with van der Waals surface area (Å²) in [7, 11) is 2.00. The lowest BCUT2D eigenvalue weighted by Crippen LogP contribution is -2.39. The largest absolute Gasteiger partial charge is 0.325 e. The van der Waals surface area contributed by atoms with Gasteiger partial charge in [-0.3, -0.25) is 9.69 Å². The fraction of sp³-hybridized carbons (Fsp3) is 0.562. The number of para-hydroxylation sites is 1. The molecule has 0 radical (unpaired) electrons. The van der Waals surface area contributed by atoms with Crippen LogP contribution in [0, 0.1) is 5.92 Å². The molecule has 1 amide bonds. The molecule has 1 aromatic rings. The van der Waals surface area contributed by atoms with Crippen molar-refractivity contribution in [3.63, 3.8) is 0 Å². The van der Waals surface area contributed by atoms with E-state index < -0.39 is 0 Å². The number of benzene rings is 1. The van der Waals surface area contributed by atoms with Crippen molar-refractivity contribution in [2.75, 3.05) is 38.5 Å². The number of hydrogen-bond donors (Lipinski definition) is 2. The summed E-state index contributed by atoms with van der Waals surface area (Å²) < 4.78 is 0. The molecule has 118 valence electrons. The second kappa shape index (κ2) is 9.77. The van der Waals surface area contributed by atoms with Gasteiger partial charge in [-0.2, -0.15) is 0 Å². The van der Waals surface area contributed by atoms with Gasteiger partial charge in [-0.1, -0.05) is 18.2 Å². The Morgan fingerprint density at radius 2 is 1.90 bits per heavy atom. The van der Waals surface area contributed by atoms with Crippen LogP contribution in [0.3, 0.4) is 0 Å². The van der Waals surface area contributed by atoms with E-state index in [4.69, 9.17) is 0 Å². The van der Waals surface area contributed by atoms with Gasteiger partial charge in [-0.25, -0.2) is 0 Å². The first-order chi connectivity index (χ1) is 9.78. The van der Waals surface area contributed by atoms with Crippen molar-refractivity contribution < 1.29 is 4.79 Å². The highest BCUT2D eigenvalue weighted by Crippen LogP contribution is 2.19. The molecule has 0 saturated carbocycles. The zero-order valence-electron chi connectivity index (χ0n) is 12.7. The SMILES string of the molecule is CNCCC1CCN(CC(=O)Nc2ccccc2)CC1.Cl. The van der Waals surface area contributed by atoms with Crippen LogP contribution in [0.2, 0.25) is 0 Å². The second-order valence-electron chi connectivity index (χ2n) is 5.53. The van der Waals surface area contributed by atoms with E-state index in [9.17, 15) is 4.79 Å². The smallest absolute Gasteiger partial charge is 0.238 e. The van der Waals surface area contributed by atoms with Crippen molar-refractivity contribution in [3.8, 4) is 0 Å². The van der Waals surface area contributed by atoms with Gasteiger partial charge in [-0.05, 0) is 64.0 Å². The van der Waals surface area contributed by atoms with Crippen LogP contribution in [0.5, 0.6) is 0 Å². The van der Waals surface area contributed by atoms with E-state index in [0.717, 1.165) is 31.2 Å². The average molecular weight is 312 g/mol. The first-order valence-electron chi connectivity index (χ1n) is 7.50. The maximum absolute atomic E-state index is 12.0. The van der Waals surface area contributed by atoms with Crippen LogP contribution in [-0.2, 0) is 4.79 Å². The Balaban J connectivity index is 0.00000220. The zero-order valence-corrected chi connectivity index (χ0v) is 13.5. The Labute approximate surface area is 133 Å². The number of nitrogens with zero attached hydrogens (tertiary/aromatic N) is 1. The molecule has 1 heterocycles. The van der Waals surface area contributed by atoms with Crippen molar-refractivity contribution in [2.24, 2.45) is 5.92 Å². The summed E-state index contributed by atoms with van der Waals surface area (Å²) in [4.78, 5) is 14.2. The fourth-order valence-corrected chi connectivity index (χ4v) is 2.71. The fourth-order valence-electron chi connectivity index (χ4n) is 2.71. The molecular weight excluding hydrogens is 286 g/mol. The molecule has 1 saturated heterocycles. The third kappa shape index (κ3) is 6.46. The molecule has 0 atom stereocenters. The van der Waals surface area contributed by atoms with E-state index in [2.05, 4.69) is 15.5 Å². The van der Waals surface area contributed by atoms with Gasteiger partial charge in [0, 0.05) is 5.69 Å².